The van der Waals surface area contributed by atoms with Gasteiger partial charge in [0.05, 0.1) is 19.9 Å². The van der Waals surface area contributed by atoms with Gasteiger partial charge in [0.1, 0.15) is 17.7 Å². The maximum Gasteiger partial charge on any atom is 0.252 e. The molecule has 0 aliphatic carbocycles. The van der Waals surface area contributed by atoms with E-state index in [1.807, 2.05) is 0 Å². The van der Waals surface area contributed by atoms with E-state index in [4.69, 9.17) is 44.0 Å². The number of carbonyl (C=O) groups excluding carboxylic acids is 1. The quantitative estimate of drug-likeness (QED) is 0.597. The zero-order valence-electron chi connectivity index (χ0n) is 12.2. The van der Waals surface area contributed by atoms with Crippen molar-refractivity contribution in [2.75, 3.05) is 7.11 Å². The number of carbonyl (C=O) groups is 1. The van der Waals surface area contributed by atoms with Gasteiger partial charge in [-0.25, -0.2) is 0 Å². The molecule has 0 spiro atoms. The van der Waals surface area contributed by atoms with Crippen LogP contribution in [-0.2, 0) is 6.54 Å². The average molecular weight is 378 g/mol. The summed E-state index contributed by atoms with van der Waals surface area (Å²) in [6.07, 6.45) is 0.643. The van der Waals surface area contributed by atoms with Crippen LogP contribution in [0.25, 0.3) is 0 Å². The van der Waals surface area contributed by atoms with E-state index in [9.17, 15) is 4.79 Å². The molecule has 0 saturated carbocycles. The Bertz CT molecular complexity index is 624. The number of halogens is 3. The number of ether oxygens (including phenoxy) is 1. The number of hydrogen-bond acceptors (Lipinski definition) is 4. The highest BCUT2D eigenvalue weighted by Gasteiger charge is 2.34. The second kappa shape index (κ2) is 7.93. The highest BCUT2D eigenvalue weighted by molar-refractivity contribution is 6.68. The van der Waals surface area contributed by atoms with E-state index in [2.05, 4.69) is 10.6 Å². The first-order valence-electron chi connectivity index (χ1n) is 6.67. The van der Waals surface area contributed by atoms with Crippen molar-refractivity contribution in [2.45, 2.75) is 16.5 Å². The molecule has 124 valence electrons. The molecular formula is C15H15Cl3N2O3. The Labute approximate surface area is 148 Å². The minimum Gasteiger partial charge on any atom is -0.497 e. The van der Waals surface area contributed by atoms with Crippen molar-refractivity contribution < 1.29 is 13.9 Å². The summed E-state index contributed by atoms with van der Waals surface area (Å²) in [7, 11) is 1.55. The predicted octanol–water partition coefficient (Wildman–Crippen LogP) is 3.50. The van der Waals surface area contributed by atoms with E-state index in [1.54, 1.807) is 43.5 Å². The molecule has 0 saturated heterocycles. The maximum atomic E-state index is 12.3. The zero-order chi connectivity index (χ0) is 16.9. The zero-order valence-corrected chi connectivity index (χ0v) is 14.5. The second-order valence-electron chi connectivity index (χ2n) is 4.64. The number of hydrogen-bond donors (Lipinski definition) is 2. The SMILES string of the molecule is COc1ccc(C(=O)N[C@H](NCc2ccco2)C(Cl)(Cl)Cl)cc1. The third kappa shape index (κ3) is 5.32. The smallest absolute Gasteiger partial charge is 0.252 e. The van der Waals surface area contributed by atoms with Gasteiger partial charge in [-0.15, -0.1) is 0 Å². The van der Waals surface area contributed by atoms with Gasteiger partial charge in [-0.3, -0.25) is 10.1 Å². The fraction of sp³-hybridized carbons (Fsp3) is 0.267. The third-order valence-electron chi connectivity index (χ3n) is 3.02. The van der Waals surface area contributed by atoms with Gasteiger partial charge >= 0.3 is 0 Å². The van der Waals surface area contributed by atoms with Crippen LogP contribution in [0, 0.1) is 0 Å². The van der Waals surface area contributed by atoms with Crippen LogP contribution in [0.15, 0.2) is 47.1 Å². The summed E-state index contributed by atoms with van der Waals surface area (Å²) in [6.45, 7) is 0.300. The van der Waals surface area contributed by atoms with Gasteiger partial charge in [-0.1, -0.05) is 34.8 Å². The van der Waals surface area contributed by atoms with Gasteiger partial charge in [0, 0.05) is 5.56 Å². The van der Waals surface area contributed by atoms with Gasteiger partial charge in [-0.2, -0.15) is 0 Å². The Balaban J connectivity index is 2.02. The molecule has 0 unspecified atom stereocenters. The average Bonchev–Trinajstić information content (AvgIpc) is 3.03. The fourth-order valence-corrected chi connectivity index (χ4v) is 2.22. The van der Waals surface area contributed by atoms with Crippen molar-refractivity contribution in [1.82, 2.24) is 10.6 Å². The van der Waals surface area contributed by atoms with Crippen molar-refractivity contribution in [3.8, 4) is 5.75 Å². The normalized spacial score (nSPS) is 12.7. The van der Waals surface area contributed by atoms with Crippen LogP contribution in [0.1, 0.15) is 16.1 Å². The summed E-state index contributed by atoms with van der Waals surface area (Å²) in [5.74, 6) is 0.925. The molecule has 1 aromatic heterocycles. The van der Waals surface area contributed by atoms with E-state index < -0.39 is 9.96 Å². The molecule has 2 aromatic rings. The number of rotatable bonds is 6. The standard InChI is InChI=1S/C15H15Cl3N2O3/c1-22-11-6-4-10(5-7-11)13(21)20-14(15(16,17)18)19-9-12-3-2-8-23-12/h2-8,14,19H,9H2,1H3,(H,20,21)/t14-/m0/s1. The molecule has 23 heavy (non-hydrogen) atoms. The summed E-state index contributed by atoms with van der Waals surface area (Å²) in [4.78, 5) is 12.3. The number of methoxy groups -OCH3 is 1. The predicted molar refractivity (Wildman–Crippen MR) is 90.1 cm³/mol. The summed E-state index contributed by atoms with van der Waals surface area (Å²) in [5, 5.41) is 5.58. The number of furan rings is 1. The topological polar surface area (TPSA) is 63.5 Å². The summed E-state index contributed by atoms with van der Waals surface area (Å²) >= 11 is 17.8. The Morgan fingerprint density at radius 1 is 1.26 bits per heavy atom. The number of alkyl halides is 3. The van der Waals surface area contributed by atoms with Crippen LogP contribution in [0.2, 0.25) is 0 Å². The molecule has 2 rings (SSSR count). The molecule has 1 heterocycles. The molecule has 2 N–H and O–H groups in total. The molecule has 0 radical (unpaired) electrons. The van der Waals surface area contributed by atoms with Crippen LogP contribution in [0.5, 0.6) is 5.75 Å². The lowest BCUT2D eigenvalue weighted by molar-refractivity contribution is 0.0928. The van der Waals surface area contributed by atoms with E-state index in [1.165, 1.54) is 6.26 Å². The summed E-state index contributed by atoms with van der Waals surface area (Å²) in [6, 6.07) is 10.1. The Morgan fingerprint density at radius 3 is 2.48 bits per heavy atom. The lowest BCUT2D eigenvalue weighted by Gasteiger charge is -2.26. The largest absolute Gasteiger partial charge is 0.497 e. The van der Waals surface area contributed by atoms with Gasteiger partial charge in [-0.05, 0) is 36.4 Å². The first-order chi connectivity index (χ1) is 10.9. The highest BCUT2D eigenvalue weighted by Crippen LogP contribution is 2.29. The van der Waals surface area contributed by atoms with E-state index in [-0.39, 0.29) is 5.91 Å². The van der Waals surface area contributed by atoms with Crippen LogP contribution in [-0.4, -0.2) is 23.0 Å². The monoisotopic (exact) mass is 376 g/mol. The molecule has 0 aliphatic rings. The highest BCUT2D eigenvalue weighted by atomic mass is 35.6. The Hall–Kier alpha value is -1.40. The number of benzene rings is 1. The molecule has 1 amide bonds. The van der Waals surface area contributed by atoms with Crippen LogP contribution < -0.4 is 15.4 Å². The van der Waals surface area contributed by atoms with Gasteiger partial charge in [0.15, 0.2) is 0 Å². The van der Waals surface area contributed by atoms with Gasteiger partial charge < -0.3 is 14.5 Å². The van der Waals surface area contributed by atoms with E-state index >= 15 is 0 Å². The van der Waals surface area contributed by atoms with E-state index in [0.717, 1.165) is 0 Å². The van der Waals surface area contributed by atoms with Crippen molar-refractivity contribution >= 4 is 40.7 Å². The second-order valence-corrected chi connectivity index (χ2v) is 7.01. The van der Waals surface area contributed by atoms with Crippen molar-refractivity contribution in [3.63, 3.8) is 0 Å². The van der Waals surface area contributed by atoms with E-state index in [0.29, 0.717) is 23.6 Å². The lowest BCUT2D eigenvalue weighted by atomic mass is 10.2. The van der Waals surface area contributed by atoms with Crippen LogP contribution in [0.4, 0.5) is 0 Å². The molecule has 0 aliphatic heterocycles. The minimum absolute atomic E-state index is 0.300. The van der Waals surface area contributed by atoms with Gasteiger partial charge in [0.25, 0.3) is 5.91 Å². The minimum atomic E-state index is -1.73. The molecule has 5 nitrogen and oxygen atoms in total. The third-order valence-corrected chi connectivity index (χ3v) is 3.67. The Kier molecular flexibility index (Phi) is 6.18. The molecule has 8 heteroatoms. The van der Waals surface area contributed by atoms with Crippen LogP contribution in [0.3, 0.4) is 0 Å². The van der Waals surface area contributed by atoms with Crippen molar-refractivity contribution in [2.24, 2.45) is 0 Å². The summed E-state index contributed by atoms with van der Waals surface area (Å²) in [5.41, 5.74) is 0.421. The van der Waals surface area contributed by atoms with Gasteiger partial charge in [0.2, 0.25) is 3.79 Å². The Morgan fingerprint density at radius 2 is 1.96 bits per heavy atom. The molecule has 0 bridgehead atoms. The van der Waals surface area contributed by atoms with Crippen molar-refractivity contribution in [3.05, 3.63) is 54.0 Å². The molecular weight excluding hydrogens is 363 g/mol. The lowest BCUT2D eigenvalue weighted by Crippen LogP contribution is -2.53. The number of amides is 1. The molecule has 0 fully saturated rings. The fourth-order valence-electron chi connectivity index (χ4n) is 1.82. The summed E-state index contributed by atoms with van der Waals surface area (Å²) < 4.78 is 8.51. The molecule has 1 aromatic carbocycles. The van der Waals surface area contributed by atoms with Crippen LogP contribution >= 0.6 is 34.8 Å². The number of nitrogens with one attached hydrogen (secondary N) is 2. The first kappa shape index (κ1) is 17.9. The first-order valence-corrected chi connectivity index (χ1v) is 7.81. The van der Waals surface area contributed by atoms with Crippen molar-refractivity contribution in [1.29, 1.82) is 0 Å². The molecule has 1 atom stereocenters. The maximum absolute atomic E-state index is 12.3.